The first kappa shape index (κ1) is 13.7. The number of imide groups is 1. The monoisotopic (exact) mass is 278 g/mol. The van der Waals surface area contributed by atoms with Crippen LogP contribution in [0.15, 0.2) is 18.2 Å². The van der Waals surface area contributed by atoms with Gasteiger partial charge in [-0.3, -0.25) is 29.8 Å². The summed E-state index contributed by atoms with van der Waals surface area (Å²) >= 11 is 0. The summed E-state index contributed by atoms with van der Waals surface area (Å²) in [4.78, 5) is 45.1. The van der Waals surface area contributed by atoms with Gasteiger partial charge in [0, 0.05) is 6.07 Å². The number of benzene rings is 1. The maximum absolute atomic E-state index is 11.9. The van der Waals surface area contributed by atoms with Crippen molar-refractivity contribution < 1.29 is 24.4 Å². The minimum atomic E-state index is -1.77. The summed E-state index contributed by atoms with van der Waals surface area (Å²) in [5.74, 6) is -2.61. The molecule has 1 saturated heterocycles. The highest BCUT2D eigenvalue weighted by Crippen LogP contribution is 2.37. The highest BCUT2D eigenvalue weighted by molar-refractivity contribution is 6.21. The molecule has 8 heteroatoms. The van der Waals surface area contributed by atoms with E-state index >= 15 is 0 Å². The van der Waals surface area contributed by atoms with Crippen molar-refractivity contribution >= 4 is 23.3 Å². The molecule has 1 aromatic carbocycles. The lowest BCUT2D eigenvalue weighted by Gasteiger charge is -2.22. The average Bonchev–Trinajstić information content (AvgIpc) is 2.65. The molecular weight excluding hydrogens is 268 g/mol. The van der Waals surface area contributed by atoms with Crippen molar-refractivity contribution in [2.75, 3.05) is 0 Å². The molecule has 1 aliphatic heterocycles. The number of aromatic hydroxyl groups is 1. The summed E-state index contributed by atoms with van der Waals surface area (Å²) < 4.78 is 0. The van der Waals surface area contributed by atoms with Crippen LogP contribution in [-0.2, 0) is 19.8 Å². The van der Waals surface area contributed by atoms with Gasteiger partial charge in [-0.2, -0.15) is 0 Å². The number of amides is 2. The van der Waals surface area contributed by atoms with Crippen LogP contribution in [0.2, 0.25) is 0 Å². The van der Waals surface area contributed by atoms with Crippen LogP contribution in [0.3, 0.4) is 0 Å². The van der Waals surface area contributed by atoms with Gasteiger partial charge in [-0.1, -0.05) is 6.07 Å². The first-order chi connectivity index (χ1) is 9.29. The molecule has 2 amide bonds. The van der Waals surface area contributed by atoms with Crippen LogP contribution in [-0.4, -0.2) is 27.6 Å². The van der Waals surface area contributed by atoms with Gasteiger partial charge in [-0.25, -0.2) is 0 Å². The fourth-order valence-electron chi connectivity index (χ4n) is 2.25. The molecule has 0 radical (unpaired) electrons. The Labute approximate surface area is 112 Å². The molecule has 8 nitrogen and oxygen atoms in total. The summed E-state index contributed by atoms with van der Waals surface area (Å²) in [6, 6.07) is 3.19. The average molecular weight is 278 g/mol. The van der Waals surface area contributed by atoms with Gasteiger partial charge in [0.15, 0.2) is 5.75 Å². The molecule has 1 aromatic rings. The molecule has 0 aromatic heterocycles. The van der Waals surface area contributed by atoms with Gasteiger partial charge >= 0.3 is 5.69 Å². The van der Waals surface area contributed by atoms with Crippen molar-refractivity contribution in [3.63, 3.8) is 0 Å². The van der Waals surface area contributed by atoms with Crippen molar-refractivity contribution in [1.82, 2.24) is 5.32 Å². The second-order valence-corrected chi connectivity index (χ2v) is 4.48. The minimum Gasteiger partial charge on any atom is -0.502 e. The van der Waals surface area contributed by atoms with Crippen LogP contribution in [0, 0.1) is 10.1 Å². The molecule has 2 N–H and O–H groups in total. The lowest BCUT2D eigenvalue weighted by Crippen LogP contribution is -2.41. The van der Waals surface area contributed by atoms with Crippen molar-refractivity contribution in [3.8, 4) is 5.75 Å². The topological polar surface area (TPSA) is 127 Å². The zero-order valence-electron chi connectivity index (χ0n) is 10.4. The van der Waals surface area contributed by atoms with Crippen LogP contribution in [0.25, 0.3) is 0 Å². The van der Waals surface area contributed by atoms with Crippen molar-refractivity contribution in [2.45, 2.75) is 18.8 Å². The van der Waals surface area contributed by atoms with E-state index in [0.29, 0.717) is 0 Å². The van der Waals surface area contributed by atoms with Crippen LogP contribution in [0.4, 0.5) is 5.69 Å². The third kappa shape index (κ3) is 1.81. The maximum atomic E-state index is 11.9. The summed E-state index contributed by atoms with van der Waals surface area (Å²) in [5.41, 5.74) is -2.39. The predicted molar refractivity (Wildman–Crippen MR) is 64.9 cm³/mol. The normalized spacial score (nSPS) is 21.6. The third-order valence-corrected chi connectivity index (χ3v) is 3.33. The Balaban J connectivity index is 2.66. The summed E-state index contributed by atoms with van der Waals surface area (Å²) in [6.45, 7) is 1.14. The number of Topliss-reactive ketones (excluding diaryl/α,β-unsaturated/α-hetero) is 1. The number of nitro groups is 1. The van der Waals surface area contributed by atoms with Gasteiger partial charge in [-0.05, 0) is 18.6 Å². The Hall–Kier alpha value is -2.77. The molecule has 1 heterocycles. The number of carbonyl (C=O) groups excluding carboxylic acids is 3. The molecule has 1 atom stereocenters. The molecule has 0 saturated carbocycles. The van der Waals surface area contributed by atoms with E-state index < -0.39 is 45.8 Å². The molecule has 1 fully saturated rings. The standard InChI is InChI=1S/C12H10N2O6/c1-6(15)12(5-10(17)13-11(12)18)7-2-3-9(16)8(4-7)14(19)20/h2-4,16H,5H2,1H3,(H,13,17,18). The number of nitrogens with one attached hydrogen (secondary N) is 1. The molecule has 0 bridgehead atoms. The third-order valence-electron chi connectivity index (χ3n) is 3.33. The molecule has 1 aliphatic rings. The number of hydrogen-bond donors (Lipinski definition) is 2. The number of phenolic OH excluding ortho intramolecular Hbond substituents is 1. The molecule has 2 rings (SSSR count). The highest BCUT2D eigenvalue weighted by atomic mass is 16.6. The lowest BCUT2D eigenvalue weighted by molar-refractivity contribution is -0.385. The van der Waals surface area contributed by atoms with Crippen LogP contribution in [0.5, 0.6) is 5.75 Å². The molecule has 0 aliphatic carbocycles. The highest BCUT2D eigenvalue weighted by Gasteiger charge is 2.52. The Bertz CT molecular complexity index is 653. The van der Waals surface area contributed by atoms with E-state index in [4.69, 9.17) is 0 Å². The largest absolute Gasteiger partial charge is 0.502 e. The number of rotatable bonds is 3. The number of hydrogen-bond acceptors (Lipinski definition) is 6. The lowest BCUT2D eigenvalue weighted by atomic mass is 9.75. The van der Waals surface area contributed by atoms with Crippen LogP contribution in [0.1, 0.15) is 18.9 Å². The Morgan fingerprint density at radius 1 is 1.45 bits per heavy atom. The Morgan fingerprint density at radius 3 is 2.55 bits per heavy atom. The first-order valence-electron chi connectivity index (χ1n) is 5.62. The van der Waals surface area contributed by atoms with Gasteiger partial charge in [0.2, 0.25) is 11.8 Å². The van der Waals surface area contributed by atoms with E-state index in [-0.39, 0.29) is 5.56 Å². The van der Waals surface area contributed by atoms with Crippen molar-refractivity contribution in [3.05, 3.63) is 33.9 Å². The van der Waals surface area contributed by atoms with E-state index in [2.05, 4.69) is 0 Å². The van der Waals surface area contributed by atoms with Crippen LogP contribution >= 0.6 is 0 Å². The molecule has 0 spiro atoms. The van der Waals surface area contributed by atoms with Gasteiger partial charge in [-0.15, -0.1) is 0 Å². The Kier molecular flexibility index (Phi) is 3.01. The van der Waals surface area contributed by atoms with Crippen molar-refractivity contribution in [1.29, 1.82) is 0 Å². The maximum Gasteiger partial charge on any atom is 0.311 e. The van der Waals surface area contributed by atoms with Gasteiger partial charge < -0.3 is 5.11 Å². The minimum absolute atomic E-state index is 0.0119. The predicted octanol–water partition coefficient (Wildman–Crippen LogP) is 0.174. The van der Waals surface area contributed by atoms with Crippen LogP contribution < -0.4 is 5.32 Å². The zero-order chi connectivity index (χ0) is 15.1. The quantitative estimate of drug-likeness (QED) is 0.351. The van der Waals surface area contributed by atoms with E-state index in [9.17, 15) is 29.6 Å². The Morgan fingerprint density at radius 2 is 2.10 bits per heavy atom. The number of nitrogens with zero attached hydrogens (tertiary/aromatic N) is 1. The zero-order valence-corrected chi connectivity index (χ0v) is 10.4. The first-order valence-corrected chi connectivity index (χ1v) is 5.62. The summed E-state index contributed by atoms with van der Waals surface area (Å²) in [5, 5.41) is 22.2. The van der Waals surface area contributed by atoms with E-state index in [0.717, 1.165) is 19.1 Å². The van der Waals surface area contributed by atoms with E-state index in [1.807, 2.05) is 5.32 Å². The van der Waals surface area contributed by atoms with Gasteiger partial charge in [0.05, 0.1) is 11.3 Å². The van der Waals surface area contributed by atoms with E-state index in [1.54, 1.807) is 0 Å². The fourth-order valence-corrected chi connectivity index (χ4v) is 2.25. The smallest absolute Gasteiger partial charge is 0.311 e. The molecule has 104 valence electrons. The number of ketones is 1. The number of phenols is 1. The number of nitro benzene ring substituents is 1. The van der Waals surface area contributed by atoms with Gasteiger partial charge in [0.1, 0.15) is 11.2 Å². The summed E-state index contributed by atoms with van der Waals surface area (Å²) in [6.07, 6.45) is -0.400. The van der Waals surface area contributed by atoms with Gasteiger partial charge in [0.25, 0.3) is 0 Å². The SMILES string of the molecule is CC(=O)C1(c2ccc(O)c([N+](=O)[O-])c2)CC(=O)NC1=O. The molecule has 1 unspecified atom stereocenters. The molecule has 20 heavy (non-hydrogen) atoms. The second kappa shape index (κ2) is 4.41. The number of carbonyl (C=O) groups is 3. The summed E-state index contributed by atoms with van der Waals surface area (Å²) in [7, 11) is 0. The fraction of sp³-hybridized carbons (Fsp3) is 0.250. The van der Waals surface area contributed by atoms with E-state index in [1.165, 1.54) is 6.07 Å². The molecular formula is C12H10N2O6. The second-order valence-electron chi connectivity index (χ2n) is 4.48. The van der Waals surface area contributed by atoms with Crippen molar-refractivity contribution in [2.24, 2.45) is 0 Å².